The van der Waals surface area contributed by atoms with Gasteiger partial charge in [0.2, 0.25) is 0 Å². The van der Waals surface area contributed by atoms with Gasteiger partial charge in [0.1, 0.15) is 0 Å². The number of sulfonamides is 1. The molecule has 0 spiro atoms. The highest BCUT2D eigenvalue weighted by atomic mass is 32.2. The first-order valence-electron chi connectivity index (χ1n) is 9.09. The maximum Gasteiger partial charge on any atom is 0.335 e. The van der Waals surface area contributed by atoms with Crippen molar-refractivity contribution < 1.29 is 23.1 Å². The molecule has 7 nitrogen and oxygen atoms in total. The van der Waals surface area contributed by atoms with Gasteiger partial charge in [0.25, 0.3) is 15.9 Å². The number of carboxylic acid groups (broad SMARTS) is 1. The minimum atomic E-state index is -4.10. The summed E-state index contributed by atoms with van der Waals surface area (Å²) in [5, 5.41) is 11.9. The van der Waals surface area contributed by atoms with Gasteiger partial charge in [0.15, 0.2) is 0 Å². The fourth-order valence-corrected chi connectivity index (χ4v) is 3.99. The number of carbonyl (C=O) groups is 2. The van der Waals surface area contributed by atoms with Gasteiger partial charge in [-0.2, -0.15) is 0 Å². The number of para-hydroxylation sites is 1. The van der Waals surface area contributed by atoms with E-state index in [1.54, 1.807) is 12.1 Å². The fraction of sp³-hybridized carbons (Fsp3) is 0.0909. The van der Waals surface area contributed by atoms with Crippen molar-refractivity contribution in [3.8, 4) is 0 Å². The van der Waals surface area contributed by atoms with E-state index in [9.17, 15) is 18.0 Å². The number of nitrogens with one attached hydrogen (secondary N) is 2. The molecule has 30 heavy (non-hydrogen) atoms. The van der Waals surface area contributed by atoms with Crippen molar-refractivity contribution in [1.29, 1.82) is 0 Å². The average Bonchev–Trinajstić information content (AvgIpc) is 2.74. The van der Waals surface area contributed by atoms with Crippen LogP contribution in [0.5, 0.6) is 0 Å². The first-order chi connectivity index (χ1) is 14.3. The Balaban J connectivity index is 1.85. The number of hydrogen-bond donors (Lipinski definition) is 3. The fourth-order valence-electron chi connectivity index (χ4n) is 2.87. The molecular weight excluding hydrogens is 404 g/mol. The lowest BCUT2D eigenvalue weighted by atomic mass is 10.1. The maximum absolute atomic E-state index is 12.8. The van der Waals surface area contributed by atoms with Crippen LogP contribution in [0.25, 0.3) is 0 Å². The summed E-state index contributed by atoms with van der Waals surface area (Å²) in [5.41, 5.74) is 1.00. The third kappa shape index (κ3) is 4.84. The molecular formula is C22H20N2O5S. The van der Waals surface area contributed by atoms with Crippen LogP contribution in [0.3, 0.4) is 0 Å². The quantitative estimate of drug-likeness (QED) is 0.536. The predicted molar refractivity (Wildman–Crippen MR) is 113 cm³/mol. The zero-order valence-corrected chi connectivity index (χ0v) is 16.9. The molecule has 0 aliphatic carbocycles. The molecule has 3 rings (SSSR count). The van der Waals surface area contributed by atoms with Crippen LogP contribution in [0.1, 0.15) is 39.2 Å². The van der Waals surface area contributed by atoms with Gasteiger partial charge in [-0.05, 0) is 42.8 Å². The van der Waals surface area contributed by atoms with E-state index in [4.69, 9.17) is 5.11 Å². The Kier molecular flexibility index (Phi) is 6.17. The molecule has 0 saturated heterocycles. The summed E-state index contributed by atoms with van der Waals surface area (Å²) >= 11 is 0. The van der Waals surface area contributed by atoms with Crippen LogP contribution in [0, 0.1) is 0 Å². The van der Waals surface area contributed by atoms with E-state index >= 15 is 0 Å². The molecule has 3 N–H and O–H groups in total. The molecule has 0 heterocycles. The van der Waals surface area contributed by atoms with Crippen molar-refractivity contribution >= 4 is 27.6 Å². The summed E-state index contributed by atoms with van der Waals surface area (Å²) in [6.07, 6.45) is 0. The molecule has 0 aromatic heterocycles. The monoisotopic (exact) mass is 424 g/mol. The second kappa shape index (κ2) is 8.79. The van der Waals surface area contributed by atoms with Crippen LogP contribution < -0.4 is 10.0 Å². The summed E-state index contributed by atoms with van der Waals surface area (Å²) in [4.78, 5) is 23.7. The molecule has 0 unspecified atom stereocenters. The van der Waals surface area contributed by atoms with Crippen molar-refractivity contribution in [1.82, 2.24) is 5.32 Å². The van der Waals surface area contributed by atoms with Crippen LogP contribution in [0.2, 0.25) is 0 Å². The molecule has 1 amide bonds. The van der Waals surface area contributed by atoms with E-state index < -0.39 is 21.9 Å². The van der Waals surface area contributed by atoms with Gasteiger partial charge in [-0.1, -0.05) is 48.5 Å². The highest BCUT2D eigenvalue weighted by Crippen LogP contribution is 2.22. The van der Waals surface area contributed by atoms with Gasteiger partial charge >= 0.3 is 5.97 Å². The van der Waals surface area contributed by atoms with Gasteiger partial charge in [0, 0.05) is 0 Å². The molecule has 3 aromatic rings. The number of anilines is 1. The number of benzene rings is 3. The van der Waals surface area contributed by atoms with Gasteiger partial charge in [-0.25, -0.2) is 13.2 Å². The normalized spacial score (nSPS) is 12.0. The van der Waals surface area contributed by atoms with E-state index in [0.717, 1.165) is 11.6 Å². The lowest BCUT2D eigenvalue weighted by Gasteiger charge is -2.17. The van der Waals surface area contributed by atoms with Crippen molar-refractivity contribution in [2.24, 2.45) is 0 Å². The second-order valence-corrected chi connectivity index (χ2v) is 8.27. The lowest BCUT2D eigenvalue weighted by Crippen LogP contribution is -2.28. The van der Waals surface area contributed by atoms with Crippen molar-refractivity contribution in [2.45, 2.75) is 17.9 Å². The summed E-state index contributed by atoms with van der Waals surface area (Å²) in [6, 6.07) is 20.3. The van der Waals surface area contributed by atoms with Crippen molar-refractivity contribution in [2.75, 3.05) is 4.72 Å². The Morgan fingerprint density at radius 3 is 2.27 bits per heavy atom. The molecule has 8 heteroatoms. The third-order valence-electron chi connectivity index (χ3n) is 4.45. The Bertz CT molecular complexity index is 1180. The van der Waals surface area contributed by atoms with Crippen molar-refractivity contribution in [3.05, 3.63) is 95.6 Å². The number of amides is 1. The number of aromatic carboxylic acids is 1. The second-order valence-electron chi connectivity index (χ2n) is 6.59. The van der Waals surface area contributed by atoms with Gasteiger partial charge in [-0.3, -0.25) is 9.52 Å². The molecule has 0 saturated carbocycles. The van der Waals surface area contributed by atoms with E-state index in [-0.39, 0.29) is 27.8 Å². The summed E-state index contributed by atoms with van der Waals surface area (Å²) in [7, 11) is -4.10. The Morgan fingerprint density at radius 2 is 1.57 bits per heavy atom. The van der Waals surface area contributed by atoms with E-state index in [1.165, 1.54) is 30.3 Å². The van der Waals surface area contributed by atoms with Crippen LogP contribution in [-0.2, 0) is 10.0 Å². The molecule has 0 radical (unpaired) electrons. The molecule has 0 bridgehead atoms. The number of rotatable bonds is 7. The highest BCUT2D eigenvalue weighted by molar-refractivity contribution is 7.92. The van der Waals surface area contributed by atoms with Crippen LogP contribution >= 0.6 is 0 Å². The molecule has 0 aliphatic rings. The summed E-state index contributed by atoms with van der Waals surface area (Å²) in [5.74, 6) is -1.68. The molecule has 1 atom stereocenters. The summed E-state index contributed by atoms with van der Waals surface area (Å²) in [6.45, 7) is 1.83. The van der Waals surface area contributed by atoms with Crippen molar-refractivity contribution in [3.63, 3.8) is 0 Å². The molecule has 0 fully saturated rings. The SMILES string of the molecule is C[C@@H](NC(=O)c1ccccc1NS(=O)(=O)c1cccc(C(=O)O)c1)c1ccccc1. The zero-order valence-electron chi connectivity index (χ0n) is 16.1. The molecule has 3 aromatic carbocycles. The topological polar surface area (TPSA) is 113 Å². The number of carbonyl (C=O) groups excluding carboxylic acids is 1. The zero-order chi connectivity index (χ0) is 21.7. The van der Waals surface area contributed by atoms with Gasteiger partial charge in [-0.15, -0.1) is 0 Å². The minimum Gasteiger partial charge on any atom is -0.478 e. The van der Waals surface area contributed by atoms with Crippen LogP contribution in [0.4, 0.5) is 5.69 Å². The van der Waals surface area contributed by atoms with E-state index in [2.05, 4.69) is 10.0 Å². The highest BCUT2D eigenvalue weighted by Gasteiger charge is 2.20. The smallest absolute Gasteiger partial charge is 0.335 e. The Labute approximate surface area is 174 Å². The van der Waals surface area contributed by atoms with Gasteiger partial charge in [0.05, 0.1) is 27.8 Å². The number of hydrogen-bond acceptors (Lipinski definition) is 4. The lowest BCUT2D eigenvalue weighted by molar-refractivity contribution is 0.0696. The van der Waals surface area contributed by atoms with Gasteiger partial charge < -0.3 is 10.4 Å². The maximum atomic E-state index is 12.8. The Morgan fingerprint density at radius 1 is 0.900 bits per heavy atom. The molecule has 154 valence electrons. The first kappa shape index (κ1) is 21.1. The van der Waals surface area contributed by atoms with Crippen LogP contribution in [-0.4, -0.2) is 25.4 Å². The average molecular weight is 424 g/mol. The largest absolute Gasteiger partial charge is 0.478 e. The minimum absolute atomic E-state index is 0.0935. The van der Waals surface area contributed by atoms with E-state index in [1.807, 2.05) is 37.3 Å². The molecule has 0 aliphatic heterocycles. The predicted octanol–water partition coefficient (Wildman–Crippen LogP) is 3.68. The Hall–Kier alpha value is -3.65. The van der Waals surface area contributed by atoms with E-state index in [0.29, 0.717) is 0 Å². The summed E-state index contributed by atoms with van der Waals surface area (Å²) < 4.78 is 27.9. The third-order valence-corrected chi connectivity index (χ3v) is 5.82. The first-order valence-corrected chi connectivity index (χ1v) is 10.6. The van der Waals surface area contributed by atoms with Crippen LogP contribution in [0.15, 0.2) is 83.8 Å². The number of carboxylic acids is 1. The standard InChI is InChI=1S/C22H20N2O5S/c1-15(16-8-3-2-4-9-16)23-21(25)19-12-5-6-13-20(19)24-30(28,29)18-11-7-10-17(14-18)22(26)27/h2-15,24H,1H3,(H,23,25)(H,26,27)/t15-/m1/s1.